The number of benzene rings is 3. The molecular formula is C26H20N2O4S. The molecular weight excluding hydrogens is 436 g/mol. The van der Waals surface area contributed by atoms with Crippen LogP contribution in [0.3, 0.4) is 0 Å². The second kappa shape index (κ2) is 9.18. The molecule has 0 N–H and O–H groups in total. The molecule has 0 spiro atoms. The minimum absolute atomic E-state index is 0.206. The molecule has 2 heterocycles. The lowest BCUT2D eigenvalue weighted by Crippen LogP contribution is -2.30. The molecule has 0 radical (unpaired) electrons. The summed E-state index contributed by atoms with van der Waals surface area (Å²) in [7, 11) is 1.61. The van der Waals surface area contributed by atoms with Crippen LogP contribution < -0.4 is 14.4 Å². The maximum atomic E-state index is 13.7. The second-order valence-electron chi connectivity index (χ2n) is 7.22. The molecule has 0 fully saturated rings. The third-order valence-corrected chi connectivity index (χ3v) is 6.06. The summed E-state index contributed by atoms with van der Waals surface area (Å²) in [4.78, 5) is 20.0. The lowest BCUT2D eigenvalue weighted by molar-refractivity contribution is 0.0983. The van der Waals surface area contributed by atoms with Gasteiger partial charge in [-0.15, -0.1) is 0 Å². The molecule has 7 heteroatoms. The minimum Gasteiger partial charge on any atom is -0.494 e. The van der Waals surface area contributed by atoms with Crippen molar-refractivity contribution in [3.8, 4) is 17.2 Å². The minimum atomic E-state index is -0.206. The Kier molecular flexibility index (Phi) is 5.78. The number of carbonyl (C=O) groups excluding carboxylic acids is 1. The van der Waals surface area contributed by atoms with Gasteiger partial charge in [0.05, 0.1) is 24.6 Å². The number of methoxy groups -OCH3 is 1. The summed E-state index contributed by atoms with van der Waals surface area (Å²) in [5, 5.41) is 0.560. The first kappa shape index (κ1) is 20.8. The molecule has 3 aromatic carbocycles. The lowest BCUT2D eigenvalue weighted by atomic mass is 10.2. The van der Waals surface area contributed by atoms with Crippen molar-refractivity contribution in [2.45, 2.75) is 6.54 Å². The molecule has 0 unspecified atom stereocenters. The Labute approximate surface area is 194 Å². The van der Waals surface area contributed by atoms with Gasteiger partial charge in [0.1, 0.15) is 28.5 Å². The zero-order valence-corrected chi connectivity index (χ0v) is 18.6. The average molecular weight is 457 g/mol. The number of fused-ring (bicyclic) bond motifs is 1. The largest absolute Gasteiger partial charge is 0.494 e. The van der Waals surface area contributed by atoms with E-state index in [0.717, 1.165) is 10.2 Å². The number of para-hydroxylation sites is 2. The molecule has 0 saturated heterocycles. The fraction of sp³-hybridized carbons (Fsp3) is 0.0769. The molecule has 5 rings (SSSR count). The zero-order chi connectivity index (χ0) is 22.6. The van der Waals surface area contributed by atoms with Gasteiger partial charge in [0, 0.05) is 5.56 Å². The van der Waals surface area contributed by atoms with E-state index in [1.165, 1.54) is 11.3 Å². The zero-order valence-electron chi connectivity index (χ0n) is 17.8. The second-order valence-corrected chi connectivity index (χ2v) is 8.23. The summed E-state index contributed by atoms with van der Waals surface area (Å²) < 4.78 is 17.8. The van der Waals surface area contributed by atoms with Crippen molar-refractivity contribution in [1.82, 2.24) is 4.98 Å². The van der Waals surface area contributed by atoms with Gasteiger partial charge < -0.3 is 13.9 Å². The standard InChI is InChI=1S/C26H20N2O4S/c1-30-22-13-6-14-23-24(22)27-26(33-23)28(17-21-12-7-15-31-21)25(29)18-8-5-11-20(16-18)32-19-9-3-2-4-10-19/h2-16H,17H2,1H3. The highest BCUT2D eigenvalue weighted by molar-refractivity contribution is 7.22. The first-order valence-electron chi connectivity index (χ1n) is 10.3. The first-order chi connectivity index (χ1) is 16.2. The monoisotopic (exact) mass is 456 g/mol. The number of amides is 1. The highest BCUT2D eigenvalue weighted by Gasteiger charge is 2.24. The SMILES string of the molecule is COc1cccc2sc(N(Cc3ccco3)C(=O)c3cccc(Oc4ccccc4)c3)nc12. The van der Waals surface area contributed by atoms with Gasteiger partial charge in [-0.25, -0.2) is 4.98 Å². The van der Waals surface area contributed by atoms with Gasteiger partial charge in [-0.2, -0.15) is 0 Å². The van der Waals surface area contributed by atoms with Crippen LogP contribution in [0, 0.1) is 0 Å². The number of thiazole rings is 1. The molecule has 164 valence electrons. The quantitative estimate of drug-likeness (QED) is 0.278. The Balaban J connectivity index is 1.51. The first-order valence-corrected chi connectivity index (χ1v) is 11.1. The maximum absolute atomic E-state index is 13.7. The fourth-order valence-corrected chi connectivity index (χ4v) is 4.43. The predicted octanol–water partition coefficient (Wildman–Crippen LogP) is 6.54. The summed E-state index contributed by atoms with van der Waals surface area (Å²) >= 11 is 1.43. The molecule has 0 aliphatic rings. The van der Waals surface area contributed by atoms with E-state index >= 15 is 0 Å². The van der Waals surface area contributed by atoms with E-state index in [1.807, 2.05) is 60.7 Å². The van der Waals surface area contributed by atoms with Gasteiger partial charge >= 0.3 is 0 Å². The molecule has 1 amide bonds. The van der Waals surface area contributed by atoms with Crippen molar-refractivity contribution < 1.29 is 18.7 Å². The topological polar surface area (TPSA) is 64.8 Å². The van der Waals surface area contributed by atoms with Gasteiger partial charge in [0.2, 0.25) is 0 Å². The Hall–Kier alpha value is -4.10. The van der Waals surface area contributed by atoms with Crippen molar-refractivity contribution in [3.63, 3.8) is 0 Å². The van der Waals surface area contributed by atoms with E-state index in [4.69, 9.17) is 18.9 Å². The van der Waals surface area contributed by atoms with Gasteiger partial charge in [-0.1, -0.05) is 41.7 Å². The van der Waals surface area contributed by atoms with E-state index < -0.39 is 0 Å². The van der Waals surface area contributed by atoms with Crippen LogP contribution in [0.1, 0.15) is 16.1 Å². The number of aromatic nitrogens is 1. The van der Waals surface area contributed by atoms with Crippen LogP contribution in [-0.4, -0.2) is 18.0 Å². The summed E-state index contributed by atoms with van der Waals surface area (Å²) in [5.74, 6) is 2.40. The summed E-state index contributed by atoms with van der Waals surface area (Å²) in [6, 6.07) is 25.9. The van der Waals surface area contributed by atoms with E-state index in [9.17, 15) is 4.79 Å². The van der Waals surface area contributed by atoms with E-state index in [1.54, 1.807) is 42.5 Å². The van der Waals surface area contributed by atoms with Gasteiger partial charge in [-0.3, -0.25) is 9.69 Å². The van der Waals surface area contributed by atoms with E-state index in [2.05, 4.69) is 0 Å². The number of nitrogens with zero attached hydrogens (tertiary/aromatic N) is 2. The van der Waals surface area contributed by atoms with Crippen LogP contribution in [0.4, 0.5) is 5.13 Å². The number of rotatable bonds is 7. The highest BCUT2D eigenvalue weighted by atomic mass is 32.1. The summed E-state index contributed by atoms with van der Waals surface area (Å²) in [6.07, 6.45) is 1.59. The van der Waals surface area contributed by atoms with Crippen LogP contribution in [0.5, 0.6) is 17.2 Å². The Bertz CT molecular complexity index is 1380. The summed E-state index contributed by atoms with van der Waals surface area (Å²) in [5.41, 5.74) is 1.21. The van der Waals surface area contributed by atoms with Gasteiger partial charge in [0.25, 0.3) is 5.91 Å². The van der Waals surface area contributed by atoms with E-state index in [-0.39, 0.29) is 12.5 Å². The van der Waals surface area contributed by atoms with Crippen LogP contribution >= 0.6 is 11.3 Å². The van der Waals surface area contributed by atoms with Crippen LogP contribution in [0.2, 0.25) is 0 Å². The maximum Gasteiger partial charge on any atom is 0.260 e. The Morgan fingerprint density at radius 3 is 2.58 bits per heavy atom. The van der Waals surface area contributed by atoms with E-state index in [0.29, 0.717) is 33.7 Å². The van der Waals surface area contributed by atoms with Crippen LogP contribution in [0.15, 0.2) is 95.6 Å². The normalized spacial score (nSPS) is 10.8. The molecule has 5 aromatic rings. The molecule has 0 bridgehead atoms. The molecule has 0 atom stereocenters. The number of hydrogen-bond acceptors (Lipinski definition) is 6. The average Bonchev–Trinajstić information content (AvgIpc) is 3.52. The van der Waals surface area contributed by atoms with Crippen molar-refractivity contribution in [2.24, 2.45) is 0 Å². The van der Waals surface area contributed by atoms with Gasteiger partial charge in [-0.05, 0) is 54.6 Å². The highest BCUT2D eigenvalue weighted by Crippen LogP contribution is 2.35. The van der Waals surface area contributed by atoms with Crippen LogP contribution in [-0.2, 0) is 6.54 Å². The van der Waals surface area contributed by atoms with Crippen molar-refractivity contribution in [2.75, 3.05) is 12.0 Å². The van der Waals surface area contributed by atoms with Crippen molar-refractivity contribution in [3.05, 3.63) is 103 Å². The van der Waals surface area contributed by atoms with Crippen molar-refractivity contribution >= 4 is 32.6 Å². The molecule has 6 nitrogen and oxygen atoms in total. The molecule has 0 aliphatic carbocycles. The number of carbonyl (C=O) groups is 1. The molecule has 2 aromatic heterocycles. The summed E-state index contributed by atoms with van der Waals surface area (Å²) in [6.45, 7) is 0.248. The number of hydrogen-bond donors (Lipinski definition) is 0. The number of furan rings is 1. The van der Waals surface area contributed by atoms with Crippen molar-refractivity contribution in [1.29, 1.82) is 0 Å². The molecule has 33 heavy (non-hydrogen) atoms. The molecule has 0 aliphatic heterocycles. The van der Waals surface area contributed by atoms with Crippen LogP contribution in [0.25, 0.3) is 10.2 Å². The fourth-order valence-electron chi connectivity index (χ4n) is 3.45. The number of anilines is 1. The van der Waals surface area contributed by atoms with Gasteiger partial charge in [0.15, 0.2) is 5.13 Å². The Morgan fingerprint density at radius 1 is 0.970 bits per heavy atom. The third kappa shape index (κ3) is 4.44. The third-order valence-electron chi connectivity index (χ3n) is 5.02. The lowest BCUT2D eigenvalue weighted by Gasteiger charge is -2.19. The number of ether oxygens (including phenoxy) is 2. The Morgan fingerprint density at radius 2 is 1.79 bits per heavy atom. The predicted molar refractivity (Wildman–Crippen MR) is 128 cm³/mol. The smallest absolute Gasteiger partial charge is 0.260 e. The molecule has 0 saturated carbocycles.